The van der Waals surface area contributed by atoms with Crippen LogP contribution in [0.25, 0.3) is 0 Å². The Bertz CT molecular complexity index is 300. The Hall–Kier alpha value is -1.30. The van der Waals surface area contributed by atoms with Crippen molar-refractivity contribution in [2.24, 2.45) is 5.92 Å². The molecule has 0 aliphatic carbocycles. The maximum absolute atomic E-state index is 11.7. The molecular formula is C12H22N2O4. The normalized spacial score (nSPS) is 22.6. The van der Waals surface area contributed by atoms with Crippen LogP contribution in [0.4, 0.5) is 4.79 Å². The van der Waals surface area contributed by atoms with Crippen LogP contribution < -0.4 is 10.6 Å². The van der Waals surface area contributed by atoms with E-state index >= 15 is 0 Å². The molecule has 2 amide bonds. The van der Waals surface area contributed by atoms with Crippen molar-refractivity contribution in [2.75, 3.05) is 6.61 Å². The molecule has 0 radical (unpaired) electrons. The lowest BCUT2D eigenvalue weighted by Gasteiger charge is -2.23. The summed E-state index contributed by atoms with van der Waals surface area (Å²) < 4.78 is 5.46. The average molecular weight is 258 g/mol. The molecule has 1 saturated heterocycles. The standard InChI is InChI=1S/C12H22N2O4/c1-7(2)10(11(15)16)14-12(17)13-8(3)9-5-4-6-18-9/h7-10H,4-6H2,1-3H3,(H,15,16)(H2,13,14,17)/t8?,9?,10-/m0/s1. The molecule has 104 valence electrons. The largest absolute Gasteiger partial charge is 0.480 e. The molecule has 3 N–H and O–H groups in total. The molecule has 1 aliphatic rings. The maximum atomic E-state index is 11.7. The van der Waals surface area contributed by atoms with E-state index in [2.05, 4.69) is 10.6 Å². The number of carboxylic acid groups (broad SMARTS) is 1. The zero-order valence-corrected chi connectivity index (χ0v) is 11.1. The van der Waals surface area contributed by atoms with Gasteiger partial charge in [0.25, 0.3) is 0 Å². The van der Waals surface area contributed by atoms with Gasteiger partial charge in [0.1, 0.15) is 6.04 Å². The third-order valence-corrected chi connectivity index (χ3v) is 3.10. The molecule has 1 rings (SSSR count). The van der Waals surface area contributed by atoms with Gasteiger partial charge in [0.2, 0.25) is 0 Å². The fourth-order valence-electron chi connectivity index (χ4n) is 1.99. The minimum absolute atomic E-state index is 0.0260. The van der Waals surface area contributed by atoms with Gasteiger partial charge in [0, 0.05) is 6.61 Å². The third-order valence-electron chi connectivity index (χ3n) is 3.10. The van der Waals surface area contributed by atoms with Crippen LogP contribution in [0.15, 0.2) is 0 Å². The van der Waals surface area contributed by atoms with Crippen LogP contribution in [0.3, 0.4) is 0 Å². The molecule has 0 aromatic heterocycles. The highest BCUT2D eigenvalue weighted by Crippen LogP contribution is 2.15. The van der Waals surface area contributed by atoms with Crippen molar-refractivity contribution in [1.82, 2.24) is 10.6 Å². The topological polar surface area (TPSA) is 87.7 Å². The minimum Gasteiger partial charge on any atom is -0.480 e. The molecular weight excluding hydrogens is 236 g/mol. The number of hydrogen-bond acceptors (Lipinski definition) is 3. The summed E-state index contributed by atoms with van der Waals surface area (Å²) in [5.41, 5.74) is 0. The van der Waals surface area contributed by atoms with E-state index in [1.807, 2.05) is 6.92 Å². The van der Waals surface area contributed by atoms with Gasteiger partial charge < -0.3 is 20.5 Å². The number of nitrogens with one attached hydrogen (secondary N) is 2. The number of carboxylic acids is 1. The van der Waals surface area contributed by atoms with Crippen LogP contribution >= 0.6 is 0 Å². The van der Waals surface area contributed by atoms with Crippen LogP contribution in [0.5, 0.6) is 0 Å². The van der Waals surface area contributed by atoms with E-state index in [1.54, 1.807) is 13.8 Å². The first-order chi connectivity index (χ1) is 8.41. The summed E-state index contributed by atoms with van der Waals surface area (Å²) in [7, 11) is 0. The van der Waals surface area contributed by atoms with Gasteiger partial charge in [0.15, 0.2) is 0 Å². The second-order valence-corrected chi connectivity index (χ2v) is 5.02. The number of carbonyl (C=O) groups is 2. The number of amides is 2. The Morgan fingerprint density at radius 1 is 1.28 bits per heavy atom. The van der Waals surface area contributed by atoms with Crippen LogP contribution in [0.2, 0.25) is 0 Å². The number of ether oxygens (including phenoxy) is 1. The molecule has 6 heteroatoms. The minimum atomic E-state index is -1.02. The number of urea groups is 1. The SMILES string of the molecule is CC(NC(=O)N[C@H](C(=O)O)C(C)C)C1CCCO1. The van der Waals surface area contributed by atoms with Gasteiger partial charge in [-0.25, -0.2) is 9.59 Å². The molecule has 1 aliphatic heterocycles. The van der Waals surface area contributed by atoms with Gasteiger partial charge in [-0.05, 0) is 25.7 Å². The van der Waals surface area contributed by atoms with Gasteiger partial charge in [-0.3, -0.25) is 0 Å². The van der Waals surface area contributed by atoms with Gasteiger partial charge in [-0.1, -0.05) is 13.8 Å². The van der Waals surface area contributed by atoms with Crippen LogP contribution in [-0.4, -0.2) is 41.9 Å². The summed E-state index contributed by atoms with van der Waals surface area (Å²) in [5, 5.41) is 14.2. The fraction of sp³-hybridized carbons (Fsp3) is 0.833. The number of rotatable bonds is 5. The Kier molecular flexibility index (Phi) is 5.40. The van der Waals surface area contributed by atoms with Crippen molar-refractivity contribution in [3.05, 3.63) is 0 Å². The number of hydrogen-bond donors (Lipinski definition) is 3. The van der Waals surface area contributed by atoms with Gasteiger partial charge in [-0.2, -0.15) is 0 Å². The van der Waals surface area contributed by atoms with E-state index in [-0.39, 0.29) is 18.1 Å². The predicted octanol–water partition coefficient (Wildman–Crippen LogP) is 0.962. The Morgan fingerprint density at radius 3 is 2.39 bits per heavy atom. The van der Waals surface area contributed by atoms with Crippen LogP contribution in [0.1, 0.15) is 33.6 Å². The molecule has 0 aromatic rings. The molecule has 1 heterocycles. The Balaban J connectivity index is 2.42. The molecule has 3 atom stereocenters. The molecule has 18 heavy (non-hydrogen) atoms. The first-order valence-electron chi connectivity index (χ1n) is 6.33. The molecule has 0 bridgehead atoms. The lowest BCUT2D eigenvalue weighted by Crippen LogP contribution is -2.52. The quantitative estimate of drug-likeness (QED) is 0.685. The molecule has 2 unspecified atom stereocenters. The van der Waals surface area contributed by atoms with E-state index in [0.29, 0.717) is 0 Å². The van der Waals surface area contributed by atoms with Gasteiger partial charge in [0.05, 0.1) is 12.1 Å². The highest BCUT2D eigenvalue weighted by Gasteiger charge is 2.27. The molecule has 0 saturated carbocycles. The lowest BCUT2D eigenvalue weighted by atomic mass is 10.1. The molecule has 0 aromatic carbocycles. The van der Waals surface area contributed by atoms with E-state index in [1.165, 1.54) is 0 Å². The van der Waals surface area contributed by atoms with Crippen molar-refractivity contribution in [1.29, 1.82) is 0 Å². The van der Waals surface area contributed by atoms with E-state index in [4.69, 9.17) is 9.84 Å². The molecule has 6 nitrogen and oxygen atoms in total. The second-order valence-electron chi connectivity index (χ2n) is 5.02. The van der Waals surface area contributed by atoms with Gasteiger partial charge >= 0.3 is 12.0 Å². The Morgan fingerprint density at radius 2 is 1.94 bits per heavy atom. The summed E-state index contributed by atoms with van der Waals surface area (Å²) in [6, 6.07) is -1.45. The highest BCUT2D eigenvalue weighted by atomic mass is 16.5. The van der Waals surface area contributed by atoms with E-state index < -0.39 is 18.0 Å². The van der Waals surface area contributed by atoms with Crippen LogP contribution in [-0.2, 0) is 9.53 Å². The first-order valence-corrected chi connectivity index (χ1v) is 6.33. The summed E-state index contributed by atoms with van der Waals surface area (Å²) in [6.07, 6.45) is 1.95. The van der Waals surface area contributed by atoms with Crippen molar-refractivity contribution in [3.63, 3.8) is 0 Å². The zero-order valence-electron chi connectivity index (χ0n) is 11.1. The highest BCUT2D eigenvalue weighted by molar-refractivity contribution is 5.82. The van der Waals surface area contributed by atoms with Gasteiger partial charge in [-0.15, -0.1) is 0 Å². The first kappa shape index (κ1) is 14.8. The second kappa shape index (κ2) is 6.58. The fourth-order valence-corrected chi connectivity index (χ4v) is 1.99. The third kappa shape index (κ3) is 4.18. The number of aliphatic carboxylic acids is 1. The monoisotopic (exact) mass is 258 g/mol. The van der Waals surface area contributed by atoms with E-state index in [0.717, 1.165) is 19.4 Å². The number of carbonyl (C=O) groups excluding carboxylic acids is 1. The maximum Gasteiger partial charge on any atom is 0.326 e. The van der Waals surface area contributed by atoms with Crippen molar-refractivity contribution in [3.8, 4) is 0 Å². The smallest absolute Gasteiger partial charge is 0.326 e. The predicted molar refractivity (Wildman–Crippen MR) is 66.4 cm³/mol. The van der Waals surface area contributed by atoms with Crippen molar-refractivity contribution < 1.29 is 19.4 Å². The van der Waals surface area contributed by atoms with Crippen LogP contribution in [0, 0.1) is 5.92 Å². The molecule has 0 spiro atoms. The van der Waals surface area contributed by atoms with Crippen molar-refractivity contribution in [2.45, 2.75) is 51.8 Å². The zero-order chi connectivity index (χ0) is 13.7. The molecule has 1 fully saturated rings. The average Bonchev–Trinajstić information content (AvgIpc) is 2.78. The summed E-state index contributed by atoms with van der Waals surface area (Å²) in [4.78, 5) is 22.6. The summed E-state index contributed by atoms with van der Waals surface area (Å²) in [6.45, 7) is 6.09. The van der Waals surface area contributed by atoms with E-state index in [9.17, 15) is 9.59 Å². The summed E-state index contributed by atoms with van der Waals surface area (Å²) in [5.74, 6) is -1.18. The Labute approximate surface area is 107 Å². The summed E-state index contributed by atoms with van der Waals surface area (Å²) >= 11 is 0. The lowest BCUT2D eigenvalue weighted by molar-refractivity contribution is -0.140. The van der Waals surface area contributed by atoms with Crippen molar-refractivity contribution >= 4 is 12.0 Å².